The summed E-state index contributed by atoms with van der Waals surface area (Å²) in [6, 6.07) is 12.2. The van der Waals surface area contributed by atoms with E-state index < -0.39 is 5.91 Å². The van der Waals surface area contributed by atoms with Gasteiger partial charge in [0.05, 0.1) is 16.8 Å². The number of hydrazine groups is 1. The quantitative estimate of drug-likeness (QED) is 0.506. The van der Waals surface area contributed by atoms with Crippen LogP contribution in [-0.2, 0) is 4.79 Å². The molecule has 0 radical (unpaired) electrons. The van der Waals surface area contributed by atoms with Gasteiger partial charge in [-0.1, -0.05) is 35.3 Å². The van der Waals surface area contributed by atoms with Gasteiger partial charge in [0, 0.05) is 17.5 Å². The number of nitrogens with zero attached hydrogens (tertiary/aromatic N) is 1. The zero-order valence-corrected chi connectivity index (χ0v) is 16.6. The standard InChI is InChI=1S/C20H16Cl2N4O3/c21-14-2-3-15(22)16(7-14)25-20(27)12(8-23)5-13-9-24-26-19(13)11-1-4-17-18(6-11)29-10-28-17/h1-7,13,19,24,26H,9-10H2,(H,25,27)/b12-5+. The lowest BCUT2D eigenvalue weighted by Crippen LogP contribution is -2.25. The lowest BCUT2D eigenvalue weighted by atomic mass is 9.92. The van der Waals surface area contributed by atoms with Crippen molar-refractivity contribution in [2.45, 2.75) is 6.04 Å². The van der Waals surface area contributed by atoms with Gasteiger partial charge in [0.1, 0.15) is 11.6 Å². The molecule has 1 amide bonds. The molecule has 148 valence electrons. The summed E-state index contributed by atoms with van der Waals surface area (Å²) in [6.45, 7) is 0.749. The van der Waals surface area contributed by atoms with Crippen molar-refractivity contribution in [1.29, 1.82) is 5.26 Å². The molecule has 2 aromatic carbocycles. The van der Waals surface area contributed by atoms with Crippen LogP contribution >= 0.6 is 23.2 Å². The van der Waals surface area contributed by atoms with Crippen LogP contribution in [0.2, 0.25) is 10.0 Å². The van der Waals surface area contributed by atoms with Gasteiger partial charge >= 0.3 is 0 Å². The molecule has 2 aliphatic heterocycles. The SMILES string of the molecule is N#C/C(=C\C1CNNC1c1ccc2c(c1)OCO2)C(=O)Nc1cc(Cl)ccc1Cl. The zero-order valence-electron chi connectivity index (χ0n) is 15.0. The predicted octanol–water partition coefficient (Wildman–Crippen LogP) is 3.58. The minimum Gasteiger partial charge on any atom is -0.454 e. The van der Waals surface area contributed by atoms with Crippen LogP contribution < -0.4 is 25.6 Å². The third-order valence-electron chi connectivity index (χ3n) is 4.70. The molecule has 1 saturated heterocycles. The molecule has 3 N–H and O–H groups in total. The summed E-state index contributed by atoms with van der Waals surface area (Å²) in [5.74, 6) is 0.689. The average molecular weight is 431 g/mol. The highest BCUT2D eigenvalue weighted by molar-refractivity contribution is 6.35. The summed E-state index contributed by atoms with van der Waals surface area (Å²) in [5.41, 5.74) is 7.55. The third-order valence-corrected chi connectivity index (χ3v) is 5.27. The third kappa shape index (κ3) is 4.16. The molecule has 0 saturated carbocycles. The molecular weight excluding hydrogens is 415 g/mol. The highest BCUT2D eigenvalue weighted by Crippen LogP contribution is 2.37. The fraction of sp³-hybridized carbons (Fsp3) is 0.200. The number of anilines is 1. The molecule has 2 atom stereocenters. The molecule has 0 aromatic heterocycles. The van der Waals surface area contributed by atoms with Gasteiger partial charge in [-0.2, -0.15) is 5.26 Å². The Morgan fingerprint density at radius 1 is 1.21 bits per heavy atom. The van der Waals surface area contributed by atoms with Gasteiger partial charge in [0.2, 0.25) is 6.79 Å². The second kappa shape index (κ2) is 8.31. The number of carbonyl (C=O) groups is 1. The number of rotatable bonds is 4. The first kappa shape index (κ1) is 19.6. The Hall–Kier alpha value is -2.76. The fourth-order valence-corrected chi connectivity index (χ4v) is 3.60. The minimum atomic E-state index is -0.548. The van der Waals surface area contributed by atoms with Gasteiger partial charge in [-0.25, -0.2) is 5.43 Å². The van der Waals surface area contributed by atoms with E-state index in [9.17, 15) is 10.1 Å². The summed E-state index contributed by atoms with van der Waals surface area (Å²) in [7, 11) is 0. The number of fused-ring (bicyclic) bond motifs is 1. The molecule has 0 spiro atoms. The Bertz CT molecular complexity index is 1030. The summed E-state index contributed by atoms with van der Waals surface area (Å²) in [5, 5.41) is 12.9. The van der Waals surface area contributed by atoms with Crippen LogP contribution in [-0.4, -0.2) is 19.2 Å². The lowest BCUT2D eigenvalue weighted by molar-refractivity contribution is -0.112. The molecule has 1 fully saturated rings. The number of nitriles is 1. The molecule has 2 aliphatic rings. The van der Waals surface area contributed by atoms with E-state index in [4.69, 9.17) is 32.7 Å². The highest BCUT2D eigenvalue weighted by Gasteiger charge is 2.29. The second-order valence-electron chi connectivity index (χ2n) is 6.55. The molecule has 2 aromatic rings. The maximum atomic E-state index is 12.6. The summed E-state index contributed by atoms with van der Waals surface area (Å²) in [6.07, 6.45) is 1.65. The van der Waals surface area contributed by atoms with Gasteiger partial charge in [0.15, 0.2) is 11.5 Å². The van der Waals surface area contributed by atoms with E-state index in [0.29, 0.717) is 33.8 Å². The van der Waals surface area contributed by atoms with Crippen LogP contribution in [0.5, 0.6) is 11.5 Å². The number of amides is 1. The molecule has 29 heavy (non-hydrogen) atoms. The van der Waals surface area contributed by atoms with Crippen LogP contribution in [0.15, 0.2) is 48.0 Å². The van der Waals surface area contributed by atoms with Gasteiger partial charge in [-0.15, -0.1) is 0 Å². The van der Waals surface area contributed by atoms with Gasteiger partial charge in [-0.3, -0.25) is 10.2 Å². The van der Waals surface area contributed by atoms with Crippen LogP contribution in [0.25, 0.3) is 0 Å². The number of carbonyl (C=O) groups excluding carboxylic acids is 1. The molecule has 9 heteroatoms. The first-order valence-electron chi connectivity index (χ1n) is 8.81. The maximum absolute atomic E-state index is 12.6. The van der Waals surface area contributed by atoms with E-state index in [1.807, 2.05) is 24.3 Å². The Balaban J connectivity index is 1.55. The monoisotopic (exact) mass is 430 g/mol. The molecule has 0 bridgehead atoms. The molecule has 7 nitrogen and oxygen atoms in total. The topological polar surface area (TPSA) is 95.4 Å². The Kier molecular flexibility index (Phi) is 5.60. The van der Waals surface area contributed by atoms with Crippen molar-refractivity contribution in [3.8, 4) is 17.6 Å². The Labute approximate surface area is 177 Å². The van der Waals surface area contributed by atoms with Gasteiger partial charge in [-0.05, 0) is 35.9 Å². The number of hydrogen-bond acceptors (Lipinski definition) is 6. The Morgan fingerprint density at radius 3 is 2.86 bits per heavy atom. The van der Waals surface area contributed by atoms with Crippen molar-refractivity contribution < 1.29 is 14.3 Å². The van der Waals surface area contributed by atoms with E-state index in [0.717, 1.165) is 5.56 Å². The van der Waals surface area contributed by atoms with E-state index in [2.05, 4.69) is 16.2 Å². The van der Waals surface area contributed by atoms with Crippen LogP contribution in [0, 0.1) is 17.2 Å². The highest BCUT2D eigenvalue weighted by atomic mass is 35.5. The van der Waals surface area contributed by atoms with Crippen LogP contribution in [0.4, 0.5) is 5.69 Å². The number of ether oxygens (including phenoxy) is 2. The average Bonchev–Trinajstić information content (AvgIpc) is 3.37. The van der Waals surface area contributed by atoms with E-state index in [-0.39, 0.29) is 24.3 Å². The predicted molar refractivity (Wildman–Crippen MR) is 109 cm³/mol. The molecular formula is C20H16Cl2N4O3. The smallest absolute Gasteiger partial charge is 0.266 e. The maximum Gasteiger partial charge on any atom is 0.266 e. The number of nitrogens with one attached hydrogen (secondary N) is 3. The minimum absolute atomic E-state index is 0.0118. The van der Waals surface area contributed by atoms with Gasteiger partial charge in [0.25, 0.3) is 5.91 Å². The van der Waals surface area contributed by atoms with Crippen molar-refractivity contribution in [2.24, 2.45) is 5.92 Å². The van der Waals surface area contributed by atoms with Crippen molar-refractivity contribution in [1.82, 2.24) is 10.9 Å². The fourth-order valence-electron chi connectivity index (χ4n) is 3.26. The number of hydrogen-bond donors (Lipinski definition) is 3. The first-order valence-corrected chi connectivity index (χ1v) is 9.57. The summed E-state index contributed by atoms with van der Waals surface area (Å²) < 4.78 is 10.8. The Morgan fingerprint density at radius 2 is 2.03 bits per heavy atom. The second-order valence-corrected chi connectivity index (χ2v) is 7.39. The molecule has 2 unspecified atom stereocenters. The van der Waals surface area contributed by atoms with Crippen LogP contribution in [0.1, 0.15) is 11.6 Å². The summed E-state index contributed by atoms with van der Waals surface area (Å²) in [4.78, 5) is 12.6. The van der Waals surface area contributed by atoms with Crippen molar-refractivity contribution >= 4 is 34.8 Å². The van der Waals surface area contributed by atoms with Gasteiger partial charge < -0.3 is 14.8 Å². The summed E-state index contributed by atoms with van der Waals surface area (Å²) >= 11 is 12.0. The van der Waals surface area contributed by atoms with Crippen molar-refractivity contribution in [2.75, 3.05) is 18.7 Å². The zero-order chi connectivity index (χ0) is 20.4. The van der Waals surface area contributed by atoms with Crippen molar-refractivity contribution in [3.05, 3.63) is 63.7 Å². The molecule has 2 heterocycles. The van der Waals surface area contributed by atoms with Crippen molar-refractivity contribution in [3.63, 3.8) is 0 Å². The normalized spacial score (nSPS) is 20.4. The first-order chi connectivity index (χ1) is 14.0. The van der Waals surface area contributed by atoms with Crippen LogP contribution in [0.3, 0.4) is 0 Å². The van der Waals surface area contributed by atoms with E-state index >= 15 is 0 Å². The van der Waals surface area contributed by atoms with E-state index in [1.165, 1.54) is 6.07 Å². The van der Waals surface area contributed by atoms with E-state index in [1.54, 1.807) is 18.2 Å². The molecule has 4 rings (SSSR count). The lowest BCUT2D eigenvalue weighted by Gasteiger charge is -2.17. The number of halogens is 2. The number of benzene rings is 2. The largest absolute Gasteiger partial charge is 0.454 e. The molecule has 0 aliphatic carbocycles.